The Morgan fingerprint density at radius 3 is 2.71 bits per heavy atom. The second kappa shape index (κ2) is 3.29. The molecule has 0 saturated heterocycles. The van der Waals surface area contributed by atoms with E-state index in [1.54, 1.807) is 6.92 Å². The fourth-order valence-corrected chi connectivity index (χ4v) is 1.87. The zero-order valence-electron chi connectivity index (χ0n) is 8.42. The summed E-state index contributed by atoms with van der Waals surface area (Å²) in [5.41, 5.74) is 2.94. The number of benzene rings is 1. The number of rotatable bonds is 2. The smallest absolute Gasteiger partial charge is 0.176 e. The van der Waals surface area contributed by atoms with Gasteiger partial charge in [-0.05, 0) is 18.1 Å². The first-order chi connectivity index (χ1) is 6.74. The Kier molecular flexibility index (Phi) is 2.12. The summed E-state index contributed by atoms with van der Waals surface area (Å²) >= 11 is 0. The summed E-state index contributed by atoms with van der Waals surface area (Å²) < 4.78 is 0. The average Bonchev–Trinajstić information content (AvgIpc) is 2.56. The molecule has 0 fully saturated rings. The highest BCUT2D eigenvalue weighted by atomic mass is 16.1. The van der Waals surface area contributed by atoms with E-state index >= 15 is 0 Å². The van der Waals surface area contributed by atoms with E-state index in [0.717, 1.165) is 23.2 Å². The van der Waals surface area contributed by atoms with E-state index in [0.29, 0.717) is 0 Å². The number of aromatic amines is 1. The molecule has 0 aliphatic heterocycles. The lowest BCUT2D eigenvalue weighted by Crippen LogP contribution is -1.96. The zero-order valence-corrected chi connectivity index (χ0v) is 8.42. The van der Waals surface area contributed by atoms with Crippen LogP contribution in [0.25, 0.3) is 10.9 Å². The Morgan fingerprint density at radius 1 is 1.36 bits per heavy atom. The third-order valence-electron chi connectivity index (χ3n) is 2.52. The van der Waals surface area contributed by atoms with Crippen LogP contribution in [-0.2, 0) is 6.42 Å². The van der Waals surface area contributed by atoms with Gasteiger partial charge >= 0.3 is 0 Å². The van der Waals surface area contributed by atoms with E-state index in [1.165, 1.54) is 5.39 Å². The first kappa shape index (κ1) is 9.00. The van der Waals surface area contributed by atoms with Crippen molar-refractivity contribution in [1.29, 1.82) is 0 Å². The number of nitrogens with one attached hydrogen (secondary N) is 1. The van der Waals surface area contributed by atoms with Crippen LogP contribution < -0.4 is 0 Å². The average molecular weight is 187 g/mol. The van der Waals surface area contributed by atoms with Crippen LogP contribution in [0.5, 0.6) is 0 Å². The van der Waals surface area contributed by atoms with Gasteiger partial charge in [0, 0.05) is 17.8 Å². The van der Waals surface area contributed by atoms with Crippen LogP contribution in [0.4, 0.5) is 0 Å². The van der Waals surface area contributed by atoms with Crippen molar-refractivity contribution in [2.24, 2.45) is 0 Å². The van der Waals surface area contributed by atoms with Crippen LogP contribution in [-0.4, -0.2) is 10.8 Å². The van der Waals surface area contributed by atoms with E-state index < -0.39 is 0 Å². The van der Waals surface area contributed by atoms with Crippen molar-refractivity contribution in [2.45, 2.75) is 20.3 Å². The van der Waals surface area contributed by atoms with Crippen molar-refractivity contribution in [2.75, 3.05) is 0 Å². The summed E-state index contributed by atoms with van der Waals surface area (Å²) in [5.74, 6) is 0.109. The van der Waals surface area contributed by atoms with Gasteiger partial charge < -0.3 is 4.98 Å². The van der Waals surface area contributed by atoms with Gasteiger partial charge in [0.2, 0.25) is 0 Å². The Hall–Kier alpha value is -1.57. The van der Waals surface area contributed by atoms with Crippen LogP contribution in [0.1, 0.15) is 29.9 Å². The number of H-pyrrole nitrogens is 1. The fraction of sp³-hybridized carbons (Fsp3) is 0.250. The SMILES string of the molecule is CCc1c(C(C)=O)[nH]c2ccccc12. The summed E-state index contributed by atoms with van der Waals surface area (Å²) in [6, 6.07) is 8.03. The minimum Gasteiger partial charge on any atom is -0.352 e. The maximum Gasteiger partial charge on any atom is 0.176 e. The number of fused-ring (bicyclic) bond motifs is 1. The third kappa shape index (κ3) is 1.23. The lowest BCUT2D eigenvalue weighted by Gasteiger charge is -1.95. The van der Waals surface area contributed by atoms with Crippen LogP contribution >= 0.6 is 0 Å². The number of hydrogen-bond acceptors (Lipinski definition) is 1. The molecule has 1 aromatic heterocycles. The molecule has 1 aromatic carbocycles. The minimum absolute atomic E-state index is 0.109. The molecule has 14 heavy (non-hydrogen) atoms. The number of para-hydroxylation sites is 1. The molecule has 72 valence electrons. The summed E-state index contributed by atoms with van der Waals surface area (Å²) in [6.45, 7) is 3.67. The highest BCUT2D eigenvalue weighted by Gasteiger charge is 2.11. The Morgan fingerprint density at radius 2 is 2.07 bits per heavy atom. The predicted molar refractivity (Wildman–Crippen MR) is 57.7 cm³/mol. The quantitative estimate of drug-likeness (QED) is 0.720. The maximum absolute atomic E-state index is 11.4. The summed E-state index contributed by atoms with van der Waals surface area (Å²) in [5, 5.41) is 1.17. The first-order valence-corrected chi connectivity index (χ1v) is 4.84. The van der Waals surface area contributed by atoms with Crippen molar-refractivity contribution in [3.05, 3.63) is 35.5 Å². The molecular weight excluding hydrogens is 174 g/mol. The molecule has 0 aliphatic carbocycles. The number of hydrogen-bond donors (Lipinski definition) is 1. The van der Waals surface area contributed by atoms with Gasteiger partial charge in [0.15, 0.2) is 5.78 Å². The molecule has 0 amide bonds. The Bertz CT molecular complexity index is 482. The monoisotopic (exact) mass is 187 g/mol. The zero-order chi connectivity index (χ0) is 10.1. The highest BCUT2D eigenvalue weighted by molar-refractivity contribution is 6.00. The molecule has 0 radical (unpaired) electrons. The van der Waals surface area contributed by atoms with Crippen molar-refractivity contribution in [3.63, 3.8) is 0 Å². The van der Waals surface area contributed by atoms with Crippen molar-refractivity contribution in [1.82, 2.24) is 4.98 Å². The molecule has 1 heterocycles. The lowest BCUT2D eigenvalue weighted by atomic mass is 10.1. The number of aromatic nitrogens is 1. The Balaban J connectivity index is 2.78. The topological polar surface area (TPSA) is 32.9 Å². The molecule has 2 nitrogen and oxygen atoms in total. The minimum atomic E-state index is 0.109. The molecule has 2 heteroatoms. The van der Waals surface area contributed by atoms with Gasteiger partial charge in [-0.15, -0.1) is 0 Å². The summed E-state index contributed by atoms with van der Waals surface area (Å²) in [7, 11) is 0. The van der Waals surface area contributed by atoms with Gasteiger partial charge in [-0.1, -0.05) is 25.1 Å². The van der Waals surface area contributed by atoms with Crippen molar-refractivity contribution < 1.29 is 4.79 Å². The molecule has 0 atom stereocenters. The molecule has 1 N–H and O–H groups in total. The van der Waals surface area contributed by atoms with E-state index in [2.05, 4.69) is 18.0 Å². The maximum atomic E-state index is 11.4. The number of carbonyl (C=O) groups excluding carboxylic acids is 1. The van der Waals surface area contributed by atoms with Crippen LogP contribution in [0.2, 0.25) is 0 Å². The van der Waals surface area contributed by atoms with Crippen LogP contribution in [0, 0.1) is 0 Å². The molecule has 2 rings (SSSR count). The van der Waals surface area contributed by atoms with Crippen molar-refractivity contribution >= 4 is 16.7 Å². The van der Waals surface area contributed by atoms with Crippen molar-refractivity contribution in [3.8, 4) is 0 Å². The largest absolute Gasteiger partial charge is 0.352 e. The first-order valence-electron chi connectivity index (χ1n) is 4.84. The van der Waals surface area contributed by atoms with E-state index in [1.807, 2.05) is 18.2 Å². The van der Waals surface area contributed by atoms with E-state index in [4.69, 9.17) is 0 Å². The molecule has 0 aliphatic rings. The molecule has 0 saturated carbocycles. The second-order valence-electron chi connectivity index (χ2n) is 3.43. The number of carbonyl (C=O) groups is 1. The second-order valence-corrected chi connectivity index (χ2v) is 3.43. The summed E-state index contributed by atoms with van der Waals surface area (Å²) in [6.07, 6.45) is 0.888. The Labute approximate surface area is 82.9 Å². The van der Waals surface area contributed by atoms with Crippen LogP contribution in [0.3, 0.4) is 0 Å². The standard InChI is InChI=1S/C12H13NO/c1-3-9-10-6-4-5-7-11(10)13-12(9)8(2)14/h4-7,13H,3H2,1-2H3. The molecule has 2 aromatic rings. The van der Waals surface area contributed by atoms with Gasteiger partial charge in [0.05, 0.1) is 5.69 Å². The molecule has 0 unspecified atom stereocenters. The van der Waals surface area contributed by atoms with Gasteiger partial charge in [0.25, 0.3) is 0 Å². The van der Waals surface area contributed by atoms with Gasteiger partial charge in [0.1, 0.15) is 0 Å². The number of aryl methyl sites for hydroxylation is 1. The van der Waals surface area contributed by atoms with Gasteiger partial charge in [-0.25, -0.2) is 0 Å². The van der Waals surface area contributed by atoms with Crippen LogP contribution in [0.15, 0.2) is 24.3 Å². The lowest BCUT2D eigenvalue weighted by molar-refractivity contribution is 0.101. The normalized spacial score (nSPS) is 10.7. The van der Waals surface area contributed by atoms with E-state index in [-0.39, 0.29) is 5.78 Å². The molecular formula is C12H13NO. The number of ketones is 1. The fourth-order valence-electron chi connectivity index (χ4n) is 1.87. The molecule has 0 bridgehead atoms. The van der Waals surface area contributed by atoms with Gasteiger partial charge in [-0.2, -0.15) is 0 Å². The van der Waals surface area contributed by atoms with Gasteiger partial charge in [-0.3, -0.25) is 4.79 Å². The highest BCUT2D eigenvalue weighted by Crippen LogP contribution is 2.22. The molecule has 0 spiro atoms. The number of Topliss-reactive ketones (excluding diaryl/α,β-unsaturated/α-hetero) is 1. The van der Waals surface area contributed by atoms with E-state index in [9.17, 15) is 4.79 Å². The third-order valence-corrected chi connectivity index (χ3v) is 2.52. The summed E-state index contributed by atoms with van der Waals surface area (Å²) in [4.78, 5) is 14.5. The predicted octanol–water partition coefficient (Wildman–Crippen LogP) is 2.93.